The zero-order chi connectivity index (χ0) is 22.3. The summed E-state index contributed by atoms with van der Waals surface area (Å²) in [6.07, 6.45) is 0.567. The molecule has 0 radical (unpaired) electrons. The lowest BCUT2D eigenvalue weighted by Crippen LogP contribution is -2.49. The van der Waals surface area contributed by atoms with E-state index in [2.05, 4.69) is 4.74 Å². The monoisotopic (exact) mass is 433 g/mol. The molecular formula is C20H20FN3O7. The summed E-state index contributed by atoms with van der Waals surface area (Å²) >= 11 is 0. The van der Waals surface area contributed by atoms with Gasteiger partial charge in [-0.05, 0) is 19.9 Å². The topological polar surface area (TPSA) is 111 Å². The third-order valence-electron chi connectivity index (χ3n) is 5.18. The molecule has 0 spiro atoms. The molecule has 10 nitrogen and oxygen atoms in total. The Kier molecular flexibility index (Phi) is 5.17. The maximum absolute atomic E-state index is 15.2. The van der Waals surface area contributed by atoms with Crippen LogP contribution in [0.25, 0.3) is 16.6 Å². The van der Waals surface area contributed by atoms with Gasteiger partial charge in [-0.3, -0.25) is 4.79 Å². The van der Waals surface area contributed by atoms with Crippen LogP contribution >= 0.6 is 0 Å². The number of aromatic nitrogens is 1. The van der Waals surface area contributed by atoms with Gasteiger partial charge in [0.05, 0.1) is 23.9 Å². The molecule has 1 aromatic carbocycles. The summed E-state index contributed by atoms with van der Waals surface area (Å²) in [6, 6.07) is 1.06. The molecule has 11 heteroatoms. The fraction of sp³-hybridized carbons (Fsp3) is 0.350. The van der Waals surface area contributed by atoms with Gasteiger partial charge in [0.15, 0.2) is 17.3 Å². The number of hydrogen-bond donors (Lipinski definition) is 1. The van der Waals surface area contributed by atoms with Crippen molar-refractivity contribution in [2.75, 3.05) is 37.7 Å². The lowest BCUT2D eigenvalue weighted by atomic mass is 10.1. The maximum atomic E-state index is 15.2. The second-order valence-corrected chi connectivity index (χ2v) is 7.04. The molecule has 31 heavy (non-hydrogen) atoms. The zero-order valence-electron chi connectivity index (χ0n) is 16.9. The van der Waals surface area contributed by atoms with Crippen LogP contribution in [-0.4, -0.2) is 59.6 Å². The Balaban J connectivity index is 1.78. The van der Waals surface area contributed by atoms with Crippen molar-refractivity contribution in [1.29, 1.82) is 0 Å². The molecule has 0 bridgehead atoms. The van der Waals surface area contributed by atoms with Crippen molar-refractivity contribution in [3.05, 3.63) is 34.6 Å². The van der Waals surface area contributed by atoms with Gasteiger partial charge < -0.3 is 33.7 Å². The van der Waals surface area contributed by atoms with Gasteiger partial charge in [0.25, 0.3) is 0 Å². The van der Waals surface area contributed by atoms with Gasteiger partial charge in [-0.1, -0.05) is 0 Å². The first kappa shape index (κ1) is 20.5. The van der Waals surface area contributed by atoms with Crippen LogP contribution in [0, 0.1) is 5.82 Å². The molecule has 0 saturated carbocycles. The zero-order valence-corrected chi connectivity index (χ0v) is 16.9. The van der Waals surface area contributed by atoms with Gasteiger partial charge in [0.1, 0.15) is 17.5 Å². The second-order valence-electron chi connectivity index (χ2n) is 7.04. The van der Waals surface area contributed by atoms with E-state index in [1.54, 1.807) is 23.6 Å². The molecule has 2 aromatic rings. The molecule has 1 fully saturated rings. The molecule has 164 valence electrons. The first-order valence-corrected chi connectivity index (χ1v) is 9.65. The quantitative estimate of drug-likeness (QED) is 0.736. The highest BCUT2D eigenvalue weighted by Gasteiger charge is 2.30. The second kappa shape index (κ2) is 7.82. The van der Waals surface area contributed by atoms with Crippen LogP contribution in [0.4, 0.5) is 19.7 Å². The molecular weight excluding hydrogens is 413 g/mol. The first-order valence-electron chi connectivity index (χ1n) is 9.65. The Morgan fingerprint density at radius 1 is 1.26 bits per heavy atom. The average molecular weight is 433 g/mol. The Hall–Kier alpha value is -3.76. The summed E-state index contributed by atoms with van der Waals surface area (Å²) in [6.45, 7) is 5.04. The fourth-order valence-electron chi connectivity index (χ4n) is 3.77. The van der Waals surface area contributed by atoms with E-state index >= 15 is 4.39 Å². The number of amides is 1. The Bertz CT molecular complexity index is 1170. The minimum absolute atomic E-state index is 0.0624. The molecule has 0 unspecified atom stereocenters. The minimum Gasteiger partial charge on any atom is -0.459 e. The number of rotatable bonds is 3. The number of hydrogen-bond acceptors (Lipinski definition) is 7. The van der Waals surface area contributed by atoms with Crippen molar-refractivity contribution in [3.8, 4) is 11.5 Å². The van der Waals surface area contributed by atoms with E-state index in [9.17, 15) is 14.4 Å². The van der Waals surface area contributed by atoms with Crippen molar-refractivity contribution >= 4 is 34.5 Å². The predicted molar refractivity (Wildman–Crippen MR) is 108 cm³/mol. The molecule has 4 rings (SSSR count). The van der Waals surface area contributed by atoms with Crippen molar-refractivity contribution in [2.45, 2.75) is 13.8 Å². The summed E-state index contributed by atoms with van der Waals surface area (Å²) in [7, 11) is 0. The lowest BCUT2D eigenvalue weighted by molar-refractivity contribution is 0.105. The molecule has 0 aliphatic carbocycles. The average Bonchev–Trinajstić information content (AvgIpc) is 2.73. The van der Waals surface area contributed by atoms with E-state index in [0.29, 0.717) is 37.4 Å². The standard InChI is InChI=1S/C20H20FN3O7/c1-3-29-19(26)23-6-4-22(5-7-23)16-13(21)8-12-15-18(16)30-10-11(2)24(15)9-14(17(12)25)31-20(27)28/h8-10H,3-7H2,1-2H3,(H,27,28). The number of nitrogens with zero attached hydrogens (tertiary/aromatic N) is 3. The van der Waals surface area contributed by atoms with Gasteiger partial charge in [0, 0.05) is 26.2 Å². The number of halogens is 1. The summed E-state index contributed by atoms with van der Waals surface area (Å²) in [4.78, 5) is 38.9. The van der Waals surface area contributed by atoms with Crippen molar-refractivity contribution in [2.24, 2.45) is 0 Å². The number of carboxylic acid groups (broad SMARTS) is 1. The molecule has 3 heterocycles. The number of piperazine rings is 1. The van der Waals surface area contributed by atoms with Crippen LogP contribution in [0.5, 0.6) is 11.5 Å². The fourth-order valence-corrected chi connectivity index (χ4v) is 3.77. The number of carbonyl (C=O) groups excluding carboxylic acids is 1. The van der Waals surface area contributed by atoms with Crippen LogP contribution in [0.2, 0.25) is 0 Å². The molecule has 0 atom stereocenters. The summed E-state index contributed by atoms with van der Waals surface area (Å²) in [5.41, 5.74) is 0.273. The first-order chi connectivity index (χ1) is 14.8. The van der Waals surface area contributed by atoms with Crippen LogP contribution in [0.3, 0.4) is 0 Å². The summed E-state index contributed by atoms with van der Waals surface area (Å²) in [5, 5.41) is 8.83. The van der Waals surface area contributed by atoms with Gasteiger partial charge in [0.2, 0.25) is 5.43 Å². The largest absolute Gasteiger partial charge is 0.511 e. The maximum Gasteiger partial charge on any atom is 0.511 e. The van der Waals surface area contributed by atoms with E-state index in [1.807, 2.05) is 0 Å². The number of anilines is 1. The van der Waals surface area contributed by atoms with E-state index in [-0.39, 0.29) is 23.4 Å². The predicted octanol–water partition coefficient (Wildman–Crippen LogP) is 2.69. The van der Waals surface area contributed by atoms with Crippen LogP contribution in [0.15, 0.2) is 23.3 Å². The number of allylic oxidation sites excluding steroid dienone is 1. The highest BCUT2D eigenvalue weighted by atomic mass is 19.1. The Morgan fingerprint density at radius 3 is 2.61 bits per heavy atom. The van der Waals surface area contributed by atoms with E-state index in [0.717, 1.165) is 6.07 Å². The number of pyridine rings is 1. The SMILES string of the molecule is CCOC(=O)N1CCN(c2c(F)cc3c(=O)c(OC(=O)O)cn4c3c2OC=C4C)CC1. The molecule has 1 amide bonds. The van der Waals surface area contributed by atoms with E-state index < -0.39 is 29.2 Å². The van der Waals surface area contributed by atoms with Crippen LogP contribution in [0.1, 0.15) is 13.8 Å². The molecule has 1 aromatic heterocycles. The van der Waals surface area contributed by atoms with Crippen molar-refractivity contribution < 1.29 is 33.3 Å². The molecule has 1 saturated heterocycles. The van der Waals surface area contributed by atoms with Gasteiger partial charge in [-0.15, -0.1) is 0 Å². The minimum atomic E-state index is -1.64. The molecule has 2 aliphatic rings. The highest BCUT2D eigenvalue weighted by Crippen LogP contribution is 2.42. The smallest absolute Gasteiger partial charge is 0.459 e. The van der Waals surface area contributed by atoms with E-state index in [1.165, 1.54) is 17.0 Å². The Morgan fingerprint density at radius 2 is 1.97 bits per heavy atom. The number of carbonyl (C=O) groups is 2. The summed E-state index contributed by atoms with van der Waals surface area (Å²) in [5.74, 6) is -0.990. The van der Waals surface area contributed by atoms with Gasteiger partial charge in [-0.25, -0.2) is 14.0 Å². The van der Waals surface area contributed by atoms with Crippen molar-refractivity contribution in [3.63, 3.8) is 0 Å². The molecule has 1 N–H and O–H groups in total. The van der Waals surface area contributed by atoms with E-state index in [4.69, 9.17) is 14.6 Å². The number of benzene rings is 1. The highest BCUT2D eigenvalue weighted by molar-refractivity contribution is 5.95. The van der Waals surface area contributed by atoms with Gasteiger partial charge >= 0.3 is 12.2 Å². The lowest BCUT2D eigenvalue weighted by Gasteiger charge is -2.36. The Labute approximate surface area is 175 Å². The van der Waals surface area contributed by atoms with Gasteiger partial charge in [-0.2, -0.15) is 0 Å². The summed E-state index contributed by atoms with van der Waals surface area (Å²) < 4.78 is 32.0. The third-order valence-corrected chi connectivity index (χ3v) is 5.18. The van der Waals surface area contributed by atoms with Crippen LogP contribution < -0.4 is 19.8 Å². The van der Waals surface area contributed by atoms with Crippen LogP contribution in [-0.2, 0) is 4.74 Å². The third kappa shape index (κ3) is 3.51. The number of ether oxygens (including phenoxy) is 3. The normalized spacial score (nSPS) is 15.4. The van der Waals surface area contributed by atoms with Crippen molar-refractivity contribution in [1.82, 2.24) is 9.47 Å². The molecule has 2 aliphatic heterocycles.